The molecule has 2 heteroatoms. The maximum Gasteiger partial charge on any atom is 0.0824 e. The molecule has 2 aliphatic rings. The quantitative estimate of drug-likeness (QED) is 0.380. The fourth-order valence-electron chi connectivity index (χ4n) is 3.50. The van der Waals surface area contributed by atoms with E-state index in [0.29, 0.717) is 11.3 Å². The molecule has 0 aromatic carbocycles. The molecular weight excluding hydrogens is 210 g/mol. The first kappa shape index (κ1) is 12.4. The minimum absolute atomic E-state index is 0.439. The average molecular weight is 233 g/mol. The molecule has 2 unspecified atom stereocenters. The summed E-state index contributed by atoms with van der Waals surface area (Å²) in [5.74, 6) is 1.40. The molecule has 2 aliphatic carbocycles. The van der Waals surface area contributed by atoms with Gasteiger partial charge in [-0.1, -0.05) is 37.7 Å². The van der Waals surface area contributed by atoms with E-state index < -0.39 is 0 Å². The van der Waals surface area contributed by atoms with Crippen molar-refractivity contribution in [3.05, 3.63) is 24.3 Å². The lowest BCUT2D eigenvalue weighted by atomic mass is 9.52. The minimum atomic E-state index is 0.439. The molecule has 1 N–H and O–H groups in total. The van der Waals surface area contributed by atoms with Gasteiger partial charge in [0.05, 0.1) is 5.71 Å². The van der Waals surface area contributed by atoms with Crippen molar-refractivity contribution in [1.82, 2.24) is 0 Å². The van der Waals surface area contributed by atoms with Crippen molar-refractivity contribution in [3.8, 4) is 0 Å². The predicted molar refractivity (Wildman–Crippen MR) is 71.3 cm³/mol. The average Bonchev–Trinajstić information content (AvgIpc) is 2.30. The summed E-state index contributed by atoms with van der Waals surface area (Å²) in [6.07, 6.45) is 5.09. The van der Waals surface area contributed by atoms with E-state index in [2.05, 4.69) is 32.2 Å². The second kappa shape index (κ2) is 4.32. The van der Waals surface area contributed by atoms with Crippen molar-refractivity contribution in [3.63, 3.8) is 0 Å². The zero-order chi connectivity index (χ0) is 12.6. The Bertz CT molecular complexity index is 378. The van der Waals surface area contributed by atoms with Crippen LogP contribution in [0, 0.1) is 17.3 Å². The molecule has 0 aromatic rings. The Kier molecular flexibility index (Phi) is 3.15. The molecule has 0 spiro atoms. The van der Waals surface area contributed by atoms with Crippen molar-refractivity contribution in [2.45, 2.75) is 46.0 Å². The van der Waals surface area contributed by atoms with Gasteiger partial charge >= 0.3 is 0 Å². The summed E-state index contributed by atoms with van der Waals surface area (Å²) in [6, 6.07) is 0. The fraction of sp³-hybridized carbons (Fsp3) is 0.667. The normalized spacial score (nSPS) is 35.5. The molecule has 0 aliphatic heterocycles. The second-order valence-electron chi connectivity index (χ2n) is 6.25. The predicted octanol–water partition coefficient (Wildman–Crippen LogP) is 4.17. The Hall–Kier alpha value is -1.05. The molecule has 2 rings (SSSR count). The van der Waals surface area contributed by atoms with Crippen LogP contribution in [-0.2, 0) is 0 Å². The van der Waals surface area contributed by atoms with Crippen LogP contribution in [0.25, 0.3) is 0 Å². The monoisotopic (exact) mass is 233 g/mol. The fourth-order valence-corrected chi connectivity index (χ4v) is 3.50. The van der Waals surface area contributed by atoms with E-state index in [4.69, 9.17) is 5.21 Å². The number of hydrogen-bond acceptors (Lipinski definition) is 2. The van der Waals surface area contributed by atoms with Crippen molar-refractivity contribution in [1.29, 1.82) is 0 Å². The van der Waals surface area contributed by atoms with Crippen LogP contribution in [0.3, 0.4) is 0 Å². The third-order valence-electron chi connectivity index (χ3n) is 4.73. The maximum atomic E-state index is 9.00. The van der Waals surface area contributed by atoms with Gasteiger partial charge in [-0.25, -0.2) is 0 Å². The zero-order valence-corrected chi connectivity index (χ0v) is 11.0. The summed E-state index contributed by atoms with van der Waals surface area (Å²) in [4.78, 5) is 0. The number of oxime groups is 1. The summed E-state index contributed by atoms with van der Waals surface area (Å²) in [5, 5.41) is 12.4. The molecule has 0 radical (unpaired) electrons. The van der Waals surface area contributed by atoms with Crippen molar-refractivity contribution >= 4 is 5.71 Å². The Balaban J connectivity index is 2.17. The van der Waals surface area contributed by atoms with Gasteiger partial charge in [-0.15, -0.1) is 0 Å². The smallest absolute Gasteiger partial charge is 0.0824 e. The molecule has 0 amide bonds. The largest absolute Gasteiger partial charge is 0.411 e. The van der Waals surface area contributed by atoms with Crippen LogP contribution in [0.2, 0.25) is 0 Å². The molecule has 2 fully saturated rings. The second-order valence-corrected chi connectivity index (χ2v) is 6.25. The van der Waals surface area contributed by atoms with E-state index in [1.807, 2.05) is 0 Å². The lowest BCUT2D eigenvalue weighted by Gasteiger charge is -2.53. The van der Waals surface area contributed by atoms with Crippen LogP contribution in [-0.4, -0.2) is 10.9 Å². The molecule has 0 heterocycles. The third-order valence-corrected chi connectivity index (χ3v) is 4.73. The molecule has 2 nitrogen and oxygen atoms in total. The molecule has 17 heavy (non-hydrogen) atoms. The standard InChI is InChI=1S/C15H23NO/c1-10-6-8-14(16-17)11(2)5-7-13-12(10)9-15(13,3)4/h12-13,17H,1-2,5-9H2,3-4H3/b16-14-. The summed E-state index contributed by atoms with van der Waals surface area (Å²) in [7, 11) is 0. The third kappa shape index (κ3) is 2.18. The first-order valence-electron chi connectivity index (χ1n) is 6.52. The van der Waals surface area contributed by atoms with Crippen LogP contribution in [0.1, 0.15) is 46.0 Å². The Labute approximate surface area is 104 Å². The summed E-state index contributed by atoms with van der Waals surface area (Å²) >= 11 is 0. The summed E-state index contributed by atoms with van der Waals surface area (Å²) in [5.41, 5.74) is 3.55. The molecule has 2 saturated carbocycles. The highest BCUT2D eigenvalue weighted by atomic mass is 16.4. The van der Waals surface area contributed by atoms with E-state index in [1.165, 1.54) is 12.0 Å². The van der Waals surface area contributed by atoms with Gasteiger partial charge in [0.25, 0.3) is 0 Å². The Morgan fingerprint density at radius 3 is 2.53 bits per heavy atom. The molecule has 0 bridgehead atoms. The summed E-state index contributed by atoms with van der Waals surface area (Å²) in [6.45, 7) is 13.0. The van der Waals surface area contributed by atoms with Crippen molar-refractivity contribution in [2.24, 2.45) is 22.4 Å². The lowest BCUT2D eigenvalue weighted by molar-refractivity contribution is 0.00412. The topological polar surface area (TPSA) is 32.6 Å². The molecular formula is C15H23NO. The number of nitrogens with zero attached hydrogens (tertiary/aromatic N) is 1. The Morgan fingerprint density at radius 2 is 1.94 bits per heavy atom. The number of allylic oxidation sites excluding steroid dienone is 2. The van der Waals surface area contributed by atoms with Crippen LogP contribution in [0.5, 0.6) is 0 Å². The van der Waals surface area contributed by atoms with Gasteiger partial charge in [0, 0.05) is 0 Å². The first-order chi connectivity index (χ1) is 7.95. The van der Waals surface area contributed by atoms with Crippen LogP contribution < -0.4 is 0 Å². The number of rotatable bonds is 0. The summed E-state index contributed by atoms with van der Waals surface area (Å²) < 4.78 is 0. The van der Waals surface area contributed by atoms with E-state index in [-0.39, 0.29) is 0 Å². The Morgan fingerprint density at radius 1 is 1.24 bits per heavy atom. The van der Waals surface area contributed by atoms with Crippen LogP contribution in [0.15, 0.2) is 29.5 Å². The lowest BCUT2D eigenvalue weighted by Crippen LogP contribution is -2.44. The SMILES string of the molecule is C=C1CCC2C(CC2(C)C)C(=C)CC/C1=N/O. The molecule has 0 aromatic heterocycles. The van der Waals surface area contributed by atoms with E-state index >= 15 is 0 Å². The van der Waals surface area contributed by atoms with Crippen LogP contribution in [0.4, 0.5) is 0 Å². The molecule has 2 atom stereocenters. The van der Waals surface area contributed by atoms with Gasteiger partial charge in [0.1, 0.15) is 0 Å². The van der Waals surface area contributed by atoms with Gasteiger partial charge in [-0.05, 0) is 54.9 Å². The van der Waals surface area contributed by atoms with Gasteiger partial charge < -0.3 is 5.21 Å². The van der Waals surface area contributed by atoms with E-state index in [9.17, 15) is 0 Å². The minimum Gasteiger partial charge on any atom is -0.411 e. The van der Waals surface area contributed by atoms with Crippen molar-refractivity contribution < 1.29 is 5.21 Å². The zero-order valence-electron chi connectivity index (χ0n) is 11.0. The highest BCUT2D eigenvalue weighted by Gasteiger charge is 2.47. The van der Waals surface area contributed by atoms with E-state index in [1.54, 1.807) is 0 Å². The van der Waals surface area contributed by atoms with Gasteiger partial charge in [0.2, 0.25) is 0 Å². The molecule has 0 saturated heterocycles. The first-order valence-corrected chi connectivity index (χ1v) is 6.52. The maximum absolute atomic E-state index is 9.00. The van der Waals surface area contributed by atoms with Crippen molar-refractivity contribution in [2.75, 3.05) is 0 Å². The highest BCUT2D eigenvalue weighted by molar-refractivity contribution is 5.99. The van der Waals surface area contributed by atoms with Gasteiger partial charge in [0.15, 0.2) is 0 Å². The van der Waals surface area contributed by atoms with Gasteiger partial charge in [-0.3, -0.25) is 0 Å². The molecule has 94 valence electrons. The van der Waals surface area contributed by atoms with Gasteiger partial charge in [-0.2, -0.15) is 0 Å². The van der Waals surface area contributed by atoms with Crippen LogP contribution >= 0.6 is 0 Å². The highest BCUT2D eigenvalue weighted by Crippen LogP contribution is 2.56. The number of hydrogen-bond donors (Lipinski definition) is 1. The van der Waals surface area contributed by atoms with E-state index in [0.717, 1.165) is 42.9 Å². The number of fused-ring (bicyclic) bond motifs is 1.